The fourth-order valence-corrected chi connectivity index (χ4v) is 8.42. The van der Waals surface area contributed by atoms with E-state index >= 15 is 0 Å². The first-order valence-electron chi connectivity index (χ1n) is 27.2. The second kappa shape index (κ2) is 29.9. The molecule has 0 unspecified atom stereocenters. The van der Waals surface area contributed by atoms with Crippen molar-refractivity contribution >= 4 is 23.9 Å². The molecule has 0 atom stereocenters. The lowest BCUT2D eigenvalue weighted by atomic mass is 9.92. The van der Waals surface area contributed by atoms with Gasteiger partial charge in [-0.05, 0) is 69.8 Å². The lowest BCUT2D eigenvalue weighted by molar-refractivity contribution is -0.149. The zero-order valence-electron chi connectivity index (χ0n) is 46.3. The van der Waals surface area contributed by atoms with Crippen LogP contribution in [0.3, 0.4) is 0 Å². The molecular weight excluding hydrogens is 1060 g/mol. The molecule has 0 aromatic heterocycles. The van der Waals surface area contributed by atoms with Crippen molar-refractivity contribution in [2.45, 2.75) is 46.6 Å². The van der Waals surface area contributed by atoms with Crippen molar-refractivity contribution in [2.24, 2.45) is 5.41 Å². The van der Waals surface area contributed by atoms with E-state index in [1.807, 2.05) is 182 Å². The lowest BCUT2D eigenvalue weighted by Gasteiger charge is -2.31. The van der Waals surface area contributed by atoms with Crippen molar-refractivity contribution in [1.82, 2.24) is 0 Å². The topological polar surface area (TPSA) is 161 Å². The summed E-state index contributed by atoms with van der Waals surface area (Å²) in [4.78, 5) is 56.2. The molecule has 84 heavy (non-hydrogen) atoms. The Hall–Kier alpha value is -10.3. The molecule has 0 amide bonds. The molecule has 0 radical (unpaired) electrons. The van der Waals surface area contributed by atoms with Gasteiger partial charge < -0.3 is 47.4 Å². The number of benzene rings is 9. The van der Waals surface area contributed by atoms with Gasteiger partial charge in [0, 0.05) is 25.1 Å². The fraction of sp³-hybridized carbons (Fsp3) is 0.171. The van der Waals surface area contributed by atoms with Crippen molar-refractivity contribution in [2.75, 3.05) is 26.4 Å². The Bertz CT molecular complexity index is 3000. The summed E-state index contributed by atoms with van der Waals surface area (Å²) in [6.45, 7) is -0.0464. The van der Waals surface area contributed by atoms with E-state index in [9.17, 15) is 19.2 Å². The van der Waals surface area contributed by atoms with Gasteiger partial charge in [0.2, 0.25) is 0 Å². The van der Waals surface area contributed by atoms with Crippen LogP contribution in [0.5, 0.6) is 34.5 Å². The molecule has 0 heterocycles. The van der Waals surface area contributed by atoms with Crippen molar-refractivity contribution in [1.29, 1.82) is 0 Å². The van der Waals surface area contributed by atoms with Crippen LogP contribution in [0, 0.1) is 5.41 Å². The Balaban J connectivity index is 1.01. The van der Waals surface area contributed by atoms with E-state index in [1.165, 1.54) is 43.3 Å². The van der Waals surface area contributed by atoms with E-state index in [0.717, 1.165) is 33.4 Å². The number of carbonyl (C=O) groups is 4. The Kier molecular flexibility index (Phi) is 20.8. The van der Waals surface area contributed by atoms with Crippen LogP contribution in [0.1, 0.15) is 71.4 Å². The molecule has 0 aliphatic heterocycles. The highest BCUT2D eigenvalue weighted by Crippen LogP contribution is 2.31. The molecule has 426 valence electrons. The molecule has 0 fully saturated rings. The normalized spacial score (nSPS) is 10.9. The van der Waals surface area contributed by atoms with Crippen LogP contribution in [-0.4, -0.2) is 50.3 Å². The maximum atomic E-state index is 14.5. The highest BCUT2D eigenvalue weighted by atomic mass is 16.6. The van der Waals surface area contributed by atoms with E-state index in [1.54, 1.807) is 18.2 Å². The van der Waals surface area contributed by atoms with E-state index in [-0.39, 0.29) is 56.3 Å². The molecule has 0 saturated heterocycles. The summed E-state index contributed by atoms with van der Waals surface area (Å²) < 4.78 is 61.1. The van der Waals surface area contributed by atoms with Gasteiger partial charge >= 0.3 is 23.9 Å². The van der Waals surface area contributed by atoms with Gasteiger partial charge in [-0.3, -0.25) is 4.79 Å². The van der Waals surface area contributed by atoms with Gasteiger partial charge in [-0.1, -0.05) is 182 Å². The molecular formula is C70H62O14. The lowest BCUT2D eigenvalue weighted by Crippen LogP contribution is -2.44. The quantitative estimate of drug-likeness (QED) is 0.0322. The second-order valence-corrected chi connectivity index (χ2v) is 19.7. The Morgan fingerprint density at radius 3 is 0.655 bits per heavy atom. The molecule has 0 N–H and O–H groups in total. The Labute approximate surface area is 488 Å². The largest absolute Gasteiger partial charge is 0.489 e. The van der Waals surface area contributed by atoms with E-state index in [0.29, 0.717) is 34.5 Å². The smallest absolute Gasteiger partial charge is 0.338 e. The zero-order valence-corrected chi connectivity index (χ0v) is 46.3. The number of rotatable bonds is 29. The van der Waals surface area contributed by atoms with Crippen molar-refractivity contribution < 1.29 is 66.5 Å². The third kappa shape index (κ3) is 18.3. The van der Waals surface area contributed by atoms with Crippen LogP contribution in [-0.2, 0) is 63.4 Å². The number of hydrogen-bond donors (Lipinski definition) is 0. The summed E-state index contributed by atoms with van der Waals surface area (Å²) in [5, 5.41) is 0. The average molecular weight is 1130 g/mol. The van der Waals surface area contributed by atoms with Gasteiger partial charge in [-0.2, -0.15) is 0 Å². The number of carbonyl (C=O) groups excluding carboxylic acids is 4. The first kappa shape index (κ1) is 58.3. The molecule has 9 rings (SSSR count). The minimum absolute atomic E-state index is 0.0460. The number of hydrogen-bond acceptors (Lipinski definition) is 14. The van der Waals surface area contributed by atoms with Crippen LogP contribution in [0.25, 0.3) is 0 Å². The minimum Gasteiger partial charge on any atom is -0.489 e. The maximum absolute atomic E-state index is 14.5. The number of esters is 4. The zero-order chi connectivity index (χ0) is 58.2. The highest BCUT2D eigenvalue weighted by molar-refractivity contribution is 5.92. The SMILES string of the molecule is CC(=O)OCC(COC(=O)c1cc(OCc2ccccc2)cc(OCc2ccccc2)c1)(COC(=O)c1cc(OCc2ccccc2)cc(OCc2ccccc2)c1)COC(=O)c1cc(OCc2ccccc2)cc(OCc2ccccc2)c1. The Morgan fingerprint density at radius 1 is 0.274 bits per heavy atom. The monoisotopic (exact) mass is 1130 g/mol. The Morgan fingerprint density at radius 2 is 0.464 bits per heavy atom. The fourth-order valence-electron chi connectivity index (χ4n) is 8.42. The highest BCUT2D eigenvalue weighted by Gasteiger charge is 2.38. The number of ether oxygens (including phenoxy) is 10. The van der Waals surface area contributed by atoms with Crippen molar-refractivity contribution in [3.8, 4) is 34.5 Å². The maximum Gasteiger partial charge on any atom is 0.338 e. The summed E-state index contributed by atoms with van der Waals surface area (Å²) in [6, 6.07) is 71.2. The van der Waals surface area contributed by atoms with E-state index < -0.39 is 55.7 Å². The predicted molar refractivity (Wildman–Crippen MR) is 314 cm³/mol. The van der Waals surface area contributed by atoms with Gasteiger partial charge in [0.1, 0.15) is 106 Å². The van der Waals surface area contributed by atoms with Crippen LogP contribution >= 0.6 is 0 Å². The van der Waals surface area contributed by atoms with E-state index in [4.69, 9.17) is 47.4 Å². The second-order valence-electron chi connectivity index (χ2n) is 19.7. The average Bonchev–Trinajstić information content (AvgIpc) is 3.74. The molecule has 9 aromatic rings. The minimum atomic E-state index is -1.73. The van der Waals surface area contributed by atoms with Crippen LogP contribution < -0.4 is 28.4 Å². The molecule has 14 nitrogen and oxygen atoms in total. The molecule has 9 aromatic carbocycles. The molecule has 0 aliphatic carbocycles. The summed E-state index contributed by atoms with van der Waals surface area (Å²) in [5.41, 5.74) is 3.75. The summed E-state index contributed by atoms with van der Waals surface area (Å²) in [6.07, 6.45) is 0. The third-order valence-corrected chi connectivity index (χ3v) is 12.9. The molecule has 0 saturated carbocycles. The molecule has 0 spiro atoms. The van der Waals surface area contributed by atoms with E-state index in [2.05, 4.69) is 0 Å². The van der Waals surface area contributed by atoms with Gasteiger partial charge in [0.25, 0.3) is 0 Å². The van der Waals surface area contributed by atoms with Gasteiger partial charge in [0.05, 0.1) is 16.7 Å². The molecule has 14 heteroatoms. The van der Waals surface area contributed by atoms with Gasteiger partial charge in [-0.25, -0.2) is 14.4 Å². The third-order valence-electron chi connectivity index (χ3n) is 12.9. The summed E-state index contributed by atoms with van der Waals surface area (Å²) in [5.74, 6) is -1.36. The van der Waals surface area contributed by atoms with Crippen molar-refractivity contribution in [3.63, 3.8) is 0 Å². The molecule has 0 aliphatic rings. The van der Waals surface area contributed by atoms with Gasteiger partial charge in [-0.15, -0.1) is 0 Å². The summed E-state index contributed by atoms with van der Waals surface area (Å²) >= 11 is 0. The van der Waals surface area contributed by atoms with Gasteiger partial charge in [0.15, 0.2) is 0 Å². The predicted octanol–water partition coefficient (Wildman–Crippen LogP) is 13.6. The van der Waals surface area contributed by atoms with Crippen LogP contribution in [0.15, 0.2) is 237 Å². The van der Waals surface area contributed by atoms with Crippen LogP contribution in [0.2, 0.25) is 0 Å². The van der Waals surface area contributed by atoms with Crippen molar-refractivity contribution in [3.05, 3.63) is 287 Å². The standard InChI is InChI=1S/C70H62O14/c1-51(71)81-47-70(48-82-67(72)58-32-61(75-41-52-20-8-2-9-21-52)38-62(33-58)76-42-53-22-10-3-11-23-53,49-83-68(73)59-34-63(77-43-54-24-12-4-13-25-54)39-64(35-59)78-44-55-26-14-5-15-27-55)50-84-69(74)60-36-65(79-45-56-28-16-6-17-29-56)40-66(37-60)80-46-57-30-18-7-19-31-57/h2-40H,41-50H2,1H3. The van der Waals surface area contributed by atoms with Crippen LogP contribution in [0.4, 0.5) is 0 Å². The molecule has 0 bridgehead atoms. The first-order chi connectivity index (χ1) is 41.1. The summed E-state index contributed by atoms with van der Waals surface area (Å²) in [7, 11) is 0. The first-order valence-corrected chi connectivity index (χ1v) is 27.2.